The molecule has 0 amide bonds. The molecule has 4 heterocycles. The van der Waals surface area contributed by atoms with Crippen molar-refractivity contribution in [3.63, 3.8) is 0 Å². The maximum absolute atomic E-state index is 12.2. The molecule has 12 heteroatoms. The molecule has 0 saturated carbocycles. The van der Waals surface area contributed by atoms with Gasteiger partial charge in [0.15, 0.2) is 22.5 Å². The first-order chi connectivity index (χ1) is 16.8. The zero-order valence-corrected chi connectivity index (χ0v) is 20.2. The predicted molar refractivity (Wildman–Crippen MR) is 128 cm³/mol. The molecule has 0 aliphatic carbocycles. The summed E-state index contributed by atoms with van der Waals surface area (Å²) in [5.74, 6) is 2.09. The van der Waals surface area contributed by atoms with Crippen LogP contribution in [-0.2, 0) is 4.74 Å². The van der Waals surface area contributed by atoms with Crippen LogP contribution in [-0.4, -0.2) is 52.7 Å². The van der Waals surface area contributed by atoms with E-state index in [0.717, 1.165) is 10.2 Å². The minimum Gasteiger partial charge on any atom is -0.463 e. The van der Waals surface area contributed by atoms with Crippen molar-refractivity contribution >= 4 is 28.9 Å². The van der Waals surface area contributed by atoms with E-state index in [1.165, 1.54) is 24.2 Å². The van der Waals surface area contributed by atoms with Crippen molar-refractivity contribution in [1.82, 2.24) is 34.7 Å². The summed E-state index contributed by atoms with van der Waals surface area (Å²) in [4.78, 5) is 21.3. The minimum absolute atomic E-state index is 0.381. The lowest BCUT2D eigenvalue weighted by atomic mass is 10.2. The highest BCUT2D eigenvalue weighted by molar-refractivity contribution is 7.98. The molecule has 0 fully saturated rings. The zero-order valence-electron chi connectivity index (χ0n) is 19.4. The van der Waals surface area contributed by atoms with Crippen LogP contribution in [0.15, 0.2) is 64.6 Å². The van der Waals surface area contributed by atoms with Gasteiger partial charge in [-0.15, -0.1) is 5.10 Å². The molecule has 178 valence electrons. The fourth-order valence-corrected chi connectivity index (χ4v) is 3.58. The highest BCUT2D eigenvalue weighted by atomic mass is 32.2. The molecule has 0 saturated heterocycles. The molecule has 0 unspecified atom stereocenters. The molecule has 0 aliphatic heterocycles. The number of ether oxygens (including phenoxy) is 2. The number of aromatic nitrogens is 7. The SMILES string of the molecule is CSc1nc(-c2ccco2)cc(-n2nnc3cc(Oc4cnn(C(=O)OC(C)(C)C)c4)ccc32)n1. The maximum atomic E-state index is 12.2. The molecule has 0 atom stereocenters. The quantitative estimate of drug-likeness (QED) is 0.246. The number of rotatable bonds is 5. The Morgan fingerprint density at radius 2 is 1.97 bits per heavy atom. The molecule has 0 spiro atoms. The Hall–Kier alpha value is -4.19. The highest BCUT2D eigenvalue weighted by Gasteiger charge is 2.19. The lowest BCUT2D eigenvalue weighted by Crippen LogP contribution is -2.27. The van der Waals surface area contributed by atoms with Crippen LogP contribution in [0.5, 0.6) is 11.5 Å². The Labute approximate surface area is 204 Å². The number of fused-ring (bicyclic) bond motifs is 1. The molecule has 4 aromatic heterocycles. The van der Waals surface area contributed by atoms with Crippen LogP contribution < -0.4 is 4.74 Å². The molecule has 1 aromatic carbocycles. The molecule has 11 nitrogen and oxygen atoms in total. The molecular formula is C23H21N7O4S. The van der Waals surface area contributed by atoms with Crippen molar-refractivity contribution < 1.29 is 18.7 Å². The summed E-state index contributed by atoms with van der Waals surface area (Å²) in [6.45, 7) is 5.36. The Bertz CT molecular complexity index is 1500. The fraction of sp³-hybridized carbons (Fsp3) is 0.217. The third-order valence-electron chi connectivity index (χ3n) is 4.66. The summed E-state index contributed by atoms with van der Waals surface area (Å²) >= 11 is 1.42. The summed E-state index contributed by atoms with van der Waals surface area (Å²) < 4.78 is 19.4. The van der Waals surface area contributed by atoms with Crippen molar-refractivity contribution in [3.8, 4) is 28.8 Å². The lowest BCUT2D eigenvalue weighted by Gasteiger charge is -2.18. The van der Waals surface area contributed by atoms with Crippen molar-refractivity contribution in [1.29, 1.82) is 0 Å². The monoisotopic (exact) mass is 491 g/mol. The lowest BCUT2D eigenvalue weighted by molar-refractivity contribution is 0.0514. The minimum atomic E-state index is -0.625. The number of carbonyl (C=O) groups is 1. The highest BCUT2D eigenvalue weighted by Crippen LogP contribution is 2.27. The van der Waals surface area contributed by atoms with Crippen LogP contribution in [0.3, 0.4) is 0 Å². The van der Waals surface area contributed by atoms with Gasteiger partial charge in [-0.3, -0.25) is 0 Å². The van der Waals surface area contributed by atoms with Gasteiger partial charge in [0.05, 0.1) is 24.2 Å². The largest absolute Gasteiger partial charge is 0.463 e. The summed E-state index contributed by atoms with van der Waals surface area (Å²) in [7, 11) is 0. The van der Waals surface area contributed by atoms with Gasteiger partial charge in [-0.25, -0.2) is 14.8 Å². The van der Waals surface area contributed by atoms with Crippen LogP contribution in [0.2, 0.25) is 0 Å². The number of hydrogen-bond acceptors (Lipinski definition) is 10. The van der Waals surface area contributed by atoms with Crippen LogP contribution in [0.4, 0.5) is 4.79 Å². The predicted octanol–water partition coefficient (Wildman–Crippen LogP) is 4.96. The Kier molecular flexibility index (Phi) is 5.73. The molecule has 0 aliphatic rings. The van der Waals surface area contributed by atoms with Gasteiger partial charge in [-0.1, -0.05) is 17.0 Å². The van der Waals surface area contributed by atoms with E-state index in [2.05, 4.69) is 25.4 Å². The molecule has 35 heavy (non-hydrogen) atoms. The summed E-state index contributed by atoms with van der Waals surface area (Å²) in [6, 6.07) is 10.8. The second-order valence-electron chi connectivity index (χ2n) is 8.43. The average molecular weight is 492 g/mol. The molecule has 0 bridgehead atoms. The van der Waals surface area contributed by atoms with Gasteiger partial charge in [0.25, 0.3) is 0 Å². The third kappa shape index (κ3) is 4.87. The molecule has 5 rings (SSSR count). The van der Waals surface area contributed by atoms with Crippen LogP contribution in [0.1, 0.15) is 20.8 Å². The number of hydrogen-bond donors (Lipinski definition) is 0. The van der Waals surface area contributed by atoms with Gasteiger partial charge in [0.1, 0.15) is 22.6 Å². The van der Waals surface area contributed by atoms with Gasteiger partial charge >= 0.3 is 6.09 Å². The molecule has 0 N–H and O–H groups in total. The molecule has 5 aromatic rings. The average Bonchev–Trinajstić information content (AvgIpc) is 3.58. The van der Waals surface area contributed by atoms with Gasteiger partial charge in [-0.05, 0) is 51.3 Å². The summed E-state index contributed by atoms with van der Waals surface area (Å²) in [6.07, 6.45) is 5.80. The topological polar surface area (TPSA) is 123 Å². The second kappa shape index (κ2) is 8.87. The van der Waals surface area contributed by atoms with E-state index >= 15 is 0 Å². The van der Waals surface area contributed by atoms with E-state index in [0.29, 0.717) is 39.4 Å². The first-order valence-corrected chi connectivity index (χ1v) is 11.8. The number of carbonyl (C=O) groups excluding carboxylic acids is 1. The third-order valence-corrected chi connectivity index (χ3v) is 5.21. The van der Waals surface area contributed by atoms with E-state index in [1.807, 2.05) is 18.4 Å². The van der Waals surface area contributed by atoms with Crippen molar-refractivity contribution in [2.24, 2.45) is 0 Å². The van der Waals surface area contributed by atoms with E-state index in [9.17, 15) is 4.79 Å². The maximum Gasteiger partial charge on any atom is 0.435 e. The number of furan rings is 1. The second-order valence-corrected chi connectivity index (χ2v) is 9.20. The summed E-state index contributed by atoms with van der Waals surface area (Å²) in [5, 5.41) is 13.1. The standard InChI is InChI=1S/C23H21N7O4S/c1-23(2,3)34-22(31)29-13-15(12-24-29)33-14-7-8-18-16(10-14)27-28-30(18)20-11-17(19-6-5-9-32-19)25-21(26-20)35-4/h5-13H,1-4H3. The van der Waals surface area contributed by atoms with E-state index in [-0.39, 0.29) is 0 Å². The van der Waals surface area contributed by atoms with Crippen molar-refractivity contribution in [2.75, 3.05) is 6.26 Å². The van der Waals surface area contributed by atoms with Crippen LogP contribution in [0.25, 0.3) is 28.3 Å². The molecule has 0 radical (unpaired) electrons. The van der Waals surface area contributed by atoms with Gasteiger partial charge < -0.3 is 13.9 Å². The zero-order chi connectivity index (χ0) is 24.6. The van der Waals surface area contributed by atoms with Gasteiger partial charge in [0, 0.05) is 12.1 Å². The van der Waals surface area contributed by atoms with Crippen molar-refractivity contribution in [3.05, 3.63) is 55.1 Å². The van der Waals surface area contributed by atoms with E-state index in [4.69, 9.17) is 13.9 Å². The van der Waals surface area contributed by atoms with E-state index in [1.54, 1.807) is 56.0 Å². The van der Waals surface area contributed by atoms with Crippen LogP contribution >= 0.6 is 11.8 Å². The number of thioether (sulfide) groups is 1. The Balaban J connectivity index is 1.41. The normalized spacial score (nSPS) is 11.7. The van der Waals surface area contributed by atoms with Gasteiger partial charge in [-0.2, -0.15) is 14.5 Å². The Morgan fingerprint density at radius 1 is 1.11 bits per heavy atom. The first-order valence-electron chi connectivity index (χ1n) is 10.6. The first kappa shape index (κ1) is 22.6. The number of benzene rings is 1. The van der Waals surface area contributed by atoms with E-state index < -0.39 is 11.7 Å². The van der Waals surface area contributed by atoms with Gasteiger partial charge in [0.2, 0.25) is 0 Å². The van der Waals surface area contributed by atoms with Crippen molar-refractivity contribution in [2.45, 2.75) is 31.5 Å². The number of nitrogens with zero attached hydrogens (tertiary/aromatic N) is 7. The molecular weight excluding hydrogens is 470 g/mol. The smallest absolute Gasteiger partial charge is 0.435 e. The van der Waals surface area contributed by atoms with Crippen LogP contribution in [0, 0.1) is 0 Å². The fourth-order valence-electron chi connectivity index (χ4n) is 3.20. The summed E-state index contributed by atoms with van der Waals surface area (Å²) in [5.41, 5.74) is 1.36. The Morgan fingerprint density at radius 3 is 2.71 bits per heavy atom.